The van der Waals surface area contributed by atoms with Crippen molar-refractivity contribution in [2.24, 2.45) is 0 Å². The molecule has 0 aliphatic heterocycles. The van der Waals surface area contributed by atoms with Crippen LogP contribution in [-0.4, -0.2) is 40.5 Å². The van der Waals surface area contributed by atoms with Crippen molar-refractivity contribution in [3.63, 3.8) is 0 Å². The Labute approximate surface area is 194 Å². The topological polar surface area (TPSA) is 94.9 Å². The minimum Gasteiger partial charge on any atom is -0.496 e. The van der Waals surface area contributed by atoms with Crippen LogP contribution in [0.25, 0.3) is 11.4 Å². The van der Waals surface area contributed by atoms with Crippen LogP contribution in [0.1, 0.15) is 12.0 Å². The first-order chi connectivity index (χ1) is 14.9. The van der Waals surface area contributed by atoms with Crippen LogP contribution in [0.15, 0.2) is 41.6 Å². The molecule has 3 aromatic rings. The number of hydrogen-bond donors (Lipinski definition) is 1. The Morgan fingerprint density at radius 2 is 2.10 bits per heavy atom. The maximum absolute atomic E-state index is 12.9. The summed E-state index contributed by atoms with van der Waals surface area (Å²) in [5, 5.41) is 17.6. The molecular formula is C21H19Cl2N5O2S. The summed E-state index contributed by atoms with van der Waals surface area (Å²) < 4.78 is 5.35. The predicted molar refractivity (Wildman–Crippen MR) is 123 cm³/mol. The molecule has 1 aromatic heterocycles. The highest BCUT2D eigenvalue weighted by Gasteiger charge is 2.18. The summed E-state index contributed by atoms with van der Waals surface area (Å²) in [6, 6.07) is 12.6. The quantitative estimate of drug-likeness (QED) is 0.453. The van der Waals surface area contributed by atoms with E-state index in [0.29, 0.717) is 38.0 Å². The van der Waals surface area contributed by atoms with Crippen molar-refractivity contribution in [2.45, 2.75) is 18.5 Å². The molecular weight excluding hydrogens is 457 g/mol. The second-order valence-electron chi connectivity index (χ2n) is 6.49. The van der Waals surface area contributed by atoms with Crippen molar-refractivity contribution in [1.29, 1.82) is 5.26 Å². The minimum absolute atomic E-state index is 0.108. The lowest BCUT2D eigenvalue weighted by Gasteiger charge is -2.22. The highest BCUT2D eigenvalue weighted by atomic mass is 35.5. The first kappa shape index (κ1) is 22.9. The van der Waals surface area contributed by atoms with Crippen molar-refractivity contribution in [3.8, 4) is 23.2 Å². The van der Waals surface area contributed by atoms with E-state index in [4.69, 9.17) is 33.2 Å². The minimum atomic E-state index is -0.159. The Balaban J connectivity index is 1.73. The van der Waals surface area contributed by atoms with Gasteiger partial charge in [-0.3, -0.25) is 9.89 Å². The number of nitrogens with zero attached hydrogens (tertiary/aromatic N) is 4. The van der Waals surface area contributed by atoms with Crippen LogP contribution in [0, 0.1) is 18.3 Å². The molecule has 0 aliphatic rings. The maximum Gasteiger partial charge on any atom is 0.237 e. The van der Waals surface area contributed by atoms with E-state index in [1.165, 1.54) is 11.8 Å². The van der Waals surface area contributed by atoms with Crippen molar-refractivity contribution in [1.82, 2.24) is 15.2 Å². The zero-order valence-corrected chi connectivity index (χ0v) is 19.2. The SMILES string of the molecule is COc1ccc(Cl)cc1-c1nc(SCC(=O)N(CCC#N)c2ccc(Cl)c(C)c2)n[nH]1. The third-order valence-electron chi connectivity index (χ3n) is 4.41. The molecule has 1 N–H and O–H groups in total. The van der Waals surface area contributed by atoms with Crippen LogP contribution in [0.4, 0.5) is 5.69 Å². The first-order valence-corrected chi connectivity index (χ1v) is 11.0. The normalized spacial score (nSPS) is 10.5. The Morgan fingerprint density at radius 3 is 2.81 bits per heavy atom. The molecule has 31 heavy (non-hydrogen) atoms. The number of aromatic nitrogens is 3. The Morgan fingerprint density at radius 1 is 1.29 bits per heavy atom. The van der Waals surface area contributed by atoms with Gasteiger partial charge in [0.15, 0.2) is 5.82 Å². The molecule has 0 atom stereocenters. The Kier molecular flexibility index (Phi) is 7.80. The molecule has 7 nitrogen and oxygen atoms in total. The van der Waals surface area contributed by atoms with Gasteiger partial charge < -0.3 is 9.64 Å². The van der Waals surface area contributed by atoms with Crippen LogP contribution < -0.4 is 9.64 Å². The molecule has 0 bridgehead atoms. The van der Waals surface area contributed by atoms with E-state index < -0.39 is 0 Å². The van der Waals surface area contributed by atoms with E-state index in [1.807, 2.05) is 13.0 Å². The number of nitrogens with one attached hydrogen (secondary N) is 1. The van der Waals surface area contributed by atoms with Gasteiger partial charge in [0.05, 0.1) is 30.9 Å². The number of hydrogen-bond acceptors (Lipinski definition) is 6. The average molecular weight is 476 g/mol. The van der Waals surface area contributed by atoms with E-state index in [1.54, 1.807) is 42.3 Å². The predicted octanol–water partition coefficient (Wildman–Crippen LogP) is 5.13. The lowest BCUT2D eigenvalue weighted by molar-refractivity contribution is -0.116. The largest absolute Gasteiger partial charge is 0.496 e. The van der Waals surface area contributed by atoms with Gasteiger partial charge in [-0.05, 0) is 48.9 Å². The summed E-state index contributed by atoms with van der Waals surface area (Å²) >= 11 is 13.4. The molecule has 0 aliphatic carbocycles. The summed E-state index contributed by atoms with van der Waals surface area (Å²) in [7, 11) is 1.56. The Hall–Kier alpha value is -2.73. The number of benzene rings is 2. The lowest BCUT2D eigenvalue weighted by Crippen LogP contribution is -2.33. The standard InChI is InChI=1S/C21H19Cl2N5O2S/c1-13-10-15(5-6-17(13)23)28(9-3-8-24)19(29)12-31-21-25-20(26-27-21)16-11-14(22)4-7-18(16)30-2/h4-7,10-11H,3,9,12H2,1-2H3,(H,25,26,27). The van der Waals surface area contributed by atoms with Crippen LogP contribution in [0.3, 0.4) is 0 Å². The molecule has 2 aromatic carbocycles. The highest BCUT2D eigenvalue weighted by molar-refractivity contribution is 7.99. The highest BCUT2D eigenvalue weighted by Crippen LogP contribution is 2.31. The number of ether oxygens (including phenoxy) is 1. The summed E-state index contributed by atoms with van der Waals surface area (Å²) in [6.07, 6.45) is 0.220. The van der Waals surface area contributed by atoms with Crippen LogP contribution in [0.5, 0.6) is 5.75 Å². The molecule has 0 spiro atoms. The average Bonchev–Trinajstić information content (AvgIpc) is 3.24. The number of nitriles is 1. The number of carbonyl (C=O) groups is 1. The number of H-pyrrole nitrogens is 1. The van der Waals surface area contributed by atoms with Crippen LogP contribution >= 0.6 is 35.0 Å². The number of amides is 1. The van der Waals surface area contributed by atoms with Gasteiger partial charge in [-0.25, -0.2) is 4.98 Å². The van der Waals surface area contributed by atoms with Gasteiger partial charge in [0.2, 0.25) is 11.1 Å². The van der Waals surface area contributed by atoms with E-state index in [-0.39, 0.29) is 24.6 Å². The van der Waals surface area contributed by atoms with Gasteiger partial charge >= 0.3 is 0 Å². The summed E-state index contributed by atoms with van der Waals surface area (Å²) in [6.45, 7) is 2.16. The lowest BCUT2D eigenvalue weighted by atomic mass is 10.2. The number of halogens is 2. The van der Waals surface area contributed by atoms with Crippen molar-refractivity contribution in [3.05, 3.63) is 52.0 Å². The molecule has 160 valence electrons. The fourth-order valence-electron chi connectivity index (χ4n) is 2.86. The fraction of sp³-hybridized carbons (Fsp3) is 0.238. The van der Waals surface area contributed by atoms with Crippen LogP contribution in [-0.2, 0) is 4.79 Å². The second-order valence-corrected chi connectivity index (χ2v) is 8.27. The second kappa shape index (κ2) is 10.5. The smallest absolute Gasteiger partial charge is 0.237 e. The summed E-state index contributed by atoms with van der Waals surface area (Å²) in [5.74, 6) is 1.04. The van der Waals surface area contributed by atoms with Gasteiger partial charge in [-0.1, -0.05) is 35.0 Å². The van der Waals surface area contributed by atoms with Crippen molar-refractivity contribution < 1.29 is 9.53 Å². The number of rotatable bonds is 8. The molecule has 3 rings (SSSR count). The number of carbonyl (C=O) groups excluding carboxylic acids is 1. The van der Waals surface area contributed by atoms with E-state index in [0.717, 1.165) is 5.56 Å². The van der Waals surface area contributed by atoms with Crippen molar-refractivity contribution in [2.75, 3.05) is 24.3 Å². The van der Waals surface area contributed by atoms with Gasteiger partial charge in [-0.15, -0.1) is 5.10 Å². The number of anilines is 1. The number of aromatic amines is 1. The first-order valence-electron chi connectivity index (χ1n) is 9.25. The van der Waals surface area contributed by atoms with Crippen LogP contribution in [0.2, 0.25) is 10.0 Å². The van der Waals surface area contributed by atoms with Gasteiger partial charge in [0.25, 0.3) is 0 Å². The molecule has 0 saturated heterocycles. The third kappa shape index (κ3) is 5.70. The molecule has 1 amide bonds. The fourth-order valence-corrected chi connectivity index (χ4v) is 3.82. The number of methoxy groups -OCH3 is 1. The zero-order valence-electron chi connectivity index (χ0n) is 16.9. The molecule has 0 unspecified atom stereocenters. The molecule has 0 saturated carbocycles. The Bertz CT molecular complexity index is 1130. The zero-order chi connectivity index (χ0) is 22.4. The molecule has 0 fully saturated rings. The third-order valence-corrected chi connectivity index (χ3v) is 5.90. The van der Waals surface area contributed by atoms with Crippen molar-refractivity contribution >= 4 is 46.6 Å². The monoisotopic (exact) mass is 475 g/mol. The van der Waals surface area contributed by atoms with Gasteiger partial charge in [0.1, 0.15) is 5.75 Å². The van der Waals surface area contributed by atoms with Gasteiger partial charge in [0, 0.05) is 22.3 Å². The number of aryl methyl sites for hydroxylation is 1. The summed E-state index contributed by atoms with van der Waals surface area (Å²) in [5.41, 5.74) is 2.23. The summed E-state index contributed by atoms with van der Waals surface area (Å²) in [4.78, 5) is 18.9. The maximum atomic E-state index is 12.9. The van der Waals surface area contributed by atoms with Gasteiger partial charge in [-0.2, -0.15) is 5.26 Å². The van der Waals surface area contributed by atoms with E-state index in [2.05, 4.69) is 21.3 Å². The van der Waals surface area contributed by atoms with E-state index in [9.17, 15) is 4.79 Å². The molecule has 10 heteroatoms. The molecule has 1 heterocycles. The van der Waals surface area contributed by atoms with E-state index >= 15 is 0 Å². The molecule has 0 radical (unpaired) electrons. The number of thioether (sulfide) groups is 1.